The van der Waals surface area contributed by atoms with Gasteiger partial charge in [-0.05, 0) is 29.3 Å². The number of anilines is 1. The van der Waals surface area contributed by atoms with E-state index < -0.39 is 5.82 Å². The Hall–Kier alpha value is -2.92. The number of benzene rings is 2. The van der Waals surface area contributed by atoms with Crippen LogP contribution in [-0.4, -0.2) is 21.8 Å². The minimum Gasteiger partial charge on any atom is -0.505 e. The summed E-state index contributed by atoms with van der Waals surface area (Å²) in [4.78, 5) is 4.17. The van der Waals surface area contributed by atoms with Crippen molar-refractivity contribution in [3.8, 4) is 16.9 Å². The summed E-state index contributed by atoms with van der Waals surface area (Å²) in [5.74, 6) is -1.06. The maximum Gasteiger partial charge on any atom is 0.165 e. The zero-order chi connectivity index (χ0) is 16.9. The number of hydrogen-bond acceptors (Lipinski definition) is 4. The molecule has 1 aromatic heterocycles. The van der Waals surface area contributed by atoms with Gasteiger partial charge in [0.15, 0.2) is 11.6 Å². The van der Waals surface area contributed by atoms with Crippen molar-refractivity contribution in [1.29, 1.82) is 0 Å². The molecule has 4 nitrogen and oxygen atoms in total. The molecule has 0 aliphatic rings. The molecule has 1 heterocycles. The van der Waals surface area contributed by atoms with E-state index in [2.05, 4.69) is 10.3 Å². The Morgan fingerprint density at radius 3 is 2.50 bits per heavy atom. The average Bonchev–Trinajstić information content (AvgIpc) is 2.63. The van der Waals surface area contributed by atoms with Crippen molar-refractivity contribution in [2.24, 2.45) is 0 Å². The summed E-state index contributed by atoms with van der Waals surface area (Å²) in [6, 6.07) is 15.4. The molecular weight excluding hydrogens is 307 g/mol. The van der Waals surface area contributed by atoms with E-state index in [1.807, 2.05) is 36.4 Å². The van der Waals surface area contributed by atoms with Crippen molar-refractivity contribution >= 4 is 5.69 Å². The highest BCUT2D eigenvalue weighted by molar-refractivity contribution is 5.67. The van der Waals surface area contributed by atoms with Gasteiger partial charge in [-0.1, -0.05) is 36.4 Å². The van der Waals surface area contributed by atoms with Gasteiger partial charge in [-0.3, -0.25) is 4.98 Å². The first-order valence-electron chi connectivity index (χ1n) is 7.53. The van der Waals surface area contributed by atoms with Crippen molar-refractivity contribution in [2.45, 2.75) is 6.04 Å². The first-order chi connectivity index (χ1) is 11.7. The van der Waals surface area contributed by atoms with E-state index in [1.165, 1.54) is 12.1 Å². The first kappa shape index (κ1) is 16.0. The van der Waals surface area contributed by atoms with Gasteiger partial charge in [0.25, 0.3) is 0 Å². The van der Waals surface area contributed by atoms with Gasteiger partial charge in [-0.15, -0.1) is 0 Å². The lowest BCUT2D eigenvalue weighted by molar-refractivity contribution is 0.276. The molecule has 0 aliphatic carbocycles. The van der Waals surface area contributed by atoms with E-state index in [-0.39, 0.29) is 18.4 Å². The lowest BCUT2D eigenvalue weighted by Crippen LogP contribution is -2.14. The van der Waals surface area contributed by atoms with Crippen LogP contribution in [0.3, 0.4) is 0 Å². The van der Waals surface area contributed by atoms with Crippen LogP contribution in [0, 0.1) is 5.82 Å². The van der Waals surface area contributed by atoms with Gasteiger partial charge in [0.2, 0.25) is 0 Å². The van der Waals surface area contributed by atoms with Crippen LogP contribution in [0.25, 0.3) is 11.1 Å². The van der Waals surface area contributed by atoms with Gasteiger partial charge in [0.05, 0.1) is 18.3 Å². The molecule has 0 radical (unpaired) electrons. The van der Waals surface area contributed by atoms with Crippen molar-refractivity contribution in [2.75, 3.05) is 11.9 Å². The summed E-state index contributed by atoms with van der Waals surface area (Å²) in [6.07, 6.45) is 3.26. The average molecular weight is 324 g/mol. The van der Waals surface area contributed by atoms with Gasteiger partial charge in [-0.2, -0.15) is 0 Å². The minimum atomic E-state index is -0.677. The van der Waals surface area contributed by atoms with E-state index in [4.69, 9.17) is 0 Å². The first-order valence-corrected chi connectivity index (χ1v) is 7.53. The maximum absolute atomic E-state index is 13.5. The van der Waals surface area contributed by atoms with Gasteiger partial charge in [-0.25, -0.2) is 4.39 Å². The Balaban J connectivity index is 1.86. The number of nitrogens with one attached hydrogen (secondary N) is 1. The summed E-state index contributed by atoms with van der Waals surface area (Å²) in [5.41, 5.74) is 3.00. The molecule has 1 atom stereocenters. The topological polar surface area (TPSA) is 65.4 Å². The van der Waals surface area contributed by atoms with Crippen LogP contribution in [0.4, 0.5) is 10.1 Å². The fourth-order valence-corrected chi connectivity index (χ4v) is 2.48. The van der Waals surface area contributed by atoms with Gasteiger partial charge < -0.3 is 15.5 Å². The van der Waals surface area contributed by atoms with Crippen LogP contribution in [-0.2, 0) is 0 Å². The molecule has 0 saturated carbocycles. The Kier molecular flexibility index (Phi) is 4.72. The van der Waals surface area contributed by atoms with Gasteiger partial charge in [0.1, 0.15) is 0 Å². The molecule has 3 aromatic rings. The quantitative estimate of drug-likeness (QED) is 0.669. The minimum absolute atomic E-state index is 0.0674. The number of hydrogen-bond donors (Lipinski definition) is 3. The number of aromatic nitrogens is 1. The number of halogens is 1. The molecule has 5 heteroatoms. The number of pyridine rings is 1. The Labute approximate surface area is 139 Å². The Morgan fingerprint density at radius 2 is 1.79 bits per heavy atom. The predicted octanol–water partition coefficient (Wildman–Crippen LogP) is 3.74. The molecule has 122 valence electrons. The number of phenols is 1. The molecule has 3 rings (SSSR count). The van der Waals surface area contributed by atoms with Crippen LogP contribution in [0.15, 0.2) is 67.0 Å². The van der Waals surface area contributed by atoms with Crippen LogP contribution in [0.2, 0.25) is 0 Å². The fourth-order valence-electron chi connectivity index (χ4n) is 2.48. The summed E-state index contributed by atoms with van der Waals surface area (Å²) in [6.45, 7) is -0.0674. The number of phenolic OH excluding ortho intramolecular Hbond substituents is 1. The molecule has 3 N–H and O–H groups in total. The second kappa shape index (κ2) is 7.10. The predicted molar refractivity (Wildman–Crippen MR) is 91.2 cm³/mol. The van der Waals surface area contributed by atoms with Crippen LogP contribution in [0.5, 0.6) is 5.75 Å². The lowest BCUT2D eigenvalue weighted by Gasteiger charge is -2.18. The fraction of sp³-hybridized carbons (Fsp3) is 0.105. The van der Waals surface area contributed by atoms with E-state index in [9.17, 15) is 14.6 Å². The molecular formula is C19H17FN2O2. The molecule has 0 fully saturated rings. The molecule has 0 bridgehead atoms. The van der Waals surface area contributed by atoms with Crippen molar-refractivity contribution in [3.63, 3.8) is 0 Å². The number of rotatable bonds is 5. The molecule has 0 amide bonds. The molecule has 0 spiro atoms. The molecule has 2 aromatic carbocycles. The number of aliphatic hydroxyl groups excluding tert-OH is 1. The second-order valence-electron chi connectivity index (χ2n) is 5.42. The largest absolute Gasteiger partial charge is 0.505 e. The van der Waals surface area contributed by atoms with Crippen molar-refractivity contribution < 1.29 is 14.6 Å². The SMILES string of the molecule is OCC(Nc1cncc(-c2ccc(O)c(F)c2)c1)c1ccccc1. The highest BCUT2D eigenvalue weighted by atomic mass is 19.1. The highest BCUT2D eigenvalue weighted by Gasteiger charge is 2.11. The Bertz CT molecular complexity index is 825. The van der Waals surface area contributed by atoms with Gasteiger partial charge in [0, 0.05) is 18.0 Å². The van der Waals surface area contributed by atoms with E-state index in [1.54, 1.807) is 18.5 Å². The summed E-state index contributed by atoms with van der Waals surface area (Å²) in [5, 5.41) is 22.2. The standard InChI is InChI=1S/C19H17FN2O2/c20-17-9-14(6-7-19(17)24)15-8-16(11-21-10-15)22-18(12-23)13-4-2-1-3-5-13/h1-11,18,22-24H,12H2. The third-order valence-corrected chi connectivity index (χ3v) is 3.74. The van der Waals surface area contributed by atoms with Crippen molar-refractivity contribution in [3.05, 3.63) is 78.4 Å². The molecule has 24 heavy (non-hydrogen) atoms. The smallest absolute Gasteiger partial charge is 0.165 e. The van der Waals surface area contributed by atoms with E-state index in [0.717, 1.165) is 5.56 Å². The third-order valence-electron chi connectivity index (χ3n) is 3.74. The third kappa shape index (κ3) is 3.52. The van der Waals surface area contributed by atoms with Crippen LogP contribution < -0.4 is 5.32 Å². The van der Waals surface area contributed by atoms with Crippen LogP contribution in [0.1, 0.15) is 11.6 Å². The van der Waals surface area contributed by atoms with Crippen LogP contribution >= 0.6 is 0 Å². The van der Waals surface area contributed by atoms with Gasteiger partial charge >= 0.3 is 0 Å². The summed E-state index contributed by atoms with van der Waals surface area (Å²) in [7, 11) is 0. The molecule has 0 aliphatic heterocycles. The monoisotopic (exact) mass is 324 g/mol. The van der Waals surface area contributed by atoms with E-state index >= 15 is 0 Å². The zero-order valence-electron chi connectivity index (χ0n) is 12.9. The van der Waals surface area contributed by atoms with E-state index in [0.29, 0.717) is 16.8 Å². The molecule has 0 saturated heterocycles. The van der Waals surface area contributed by atoms with Crippen molar-refractivity contribution in [1.82, 2.24) is 4.98 Å². The highest BCUT2D eigenvalue weighted by Crippen LogP contribution is 2.27. The lowest BCUT2D eigenvalue weighted by atomic mass is 10.1. The summed E-state index contributed by atoms with van der Waals surface area (Å²) < 4.78 is 13.5. The Morgan fingerprint density at radius 1 is 1.00 bits per heavy atom. The number of nitrogens with zero attached hydrogens (tertiary/aromatic N) is 1. The zero-order valence-corrected chi connectivity index (χ0v) is 12.9. The molecule has 1 unspecified atom stereocenters. The number of aliphatic hydroxyl groups is 1. The number of aromatic hydroxyl groups is 1. The normalized spacial score (nSPS) is 11.9. The second-order valence-corrected chi connectivity index (χ2v) is 5.42. The summed E-state index contributed by atoms with van der Waals surface area (Å²) >= 11 is 0. The maximum atomic E-state index is 13.5.